The number of H-pyrrole nitrogens is 1. The van der Waals surface area contributed by atoms with Crippen LogP contribution in [0.3, 0.4) is 0 Å². The minimum atomic E-state index is -0.0913. The number of carbonyl (C=O) groups is 1. The van der Waals surface area contributed by atoms with E-state index in [-0.39, 0.29) is 18.4 Å². The molecule has 2 N–H and O–H groups in total. The lowest BCUT2D eigenvalue weighted by molar-refractivity contribution is 0.174. The van der Waals surface area contributed by atoms with Gasteiger partial charge in [-0.3, -0.25) is 4.79 Å². The third kappa shape index (κ3) is 3.66. The summed E-state index contributed by atoms with van der Waals surface area (Å²) in [6, 6.07) is 8.73. The highest BCUT2D eigenvalue weighted by Gasteiger charge is 2.23. The Hall–Kier alpha value is -2.96. The average Bonchev–Trinajstić information content (AvgIpc) is 3.12. The molecule has 7 nitrogen and oxygen atoms in total. The van der Waals surface area contributed by atoms with Crippen LogP contribution < -0.4 is 20.3 Å². The van der Waals surface area contributed by atoms with Gasteiger partial charge < -0.3 is 24.7 Å². The van der Waals surface area contributed by atoms with Crippen LogP contribution in [0.15, 0.2) is 41.3 Å². The fourth-order valence-corrected chi connectivity index (χ4v) is 3.42. The Balaban J connectivity index is 1.29. The molecule has 1 aromatic heterocycles. The van der Waals surface area contributed by atoms with Gasteiger partial charge >= 0.3 is 6.03 Å². The number of anilines is 1. The summed E-state index contributed by atoms with van der Waals surface area (Å²) >= 11 is 0. The molecule has 3 heterocycles. The standard InChI is InChI=1S/C19H21N3O4/c23-18-4-1-14(11-20-18)9-13-5-7-22(8-6-13)19(24)21-15-2-3-16-17(10-15)26-12-25-16/h1-4,10-11,13H,5-9,12H2,(H,20,23)(H,21,24). The summed E-state index contributed by atoms with van der Waals surface area (Å²) in [6.45, 7) is 1.67. The first-order chi connectivity index (χ1) is 12.7. The topological polar surface area (TPSA) is 83.7 Å². The van der Waals surface area contributed by atoms with Crippen LogP contribution in [0, 0.1) is 5.92 Å². The van der Waals surface area contributed by atoms with E-state index in [0.29, 0.717) is 23.1 Å². The maximum Gasteiger partial charge on any atom is 0.321 e. The second-order valence-corrected chi connectivity index (χ2v) is 6.69. The number of benzene rings is 1. The quantitative estimate of drug-likeness (QED) is 0.886. The number of carbonyl (C=O) groups excluding carboxylic acids is 1. The molecule has 7 heteroatoms. The number of ether oxygens (including phenoxy) is 2. The monoisotopic (exact) mass is 355 g/mol. The lowest BCUT2D eigenvalue weighted by Crippen LogP contribution is -2.41. The molecule has 2 aliphatic rings. The predicted octanol–water partition coefficient (Wildman–Crippen LogP) is 2.59. The van der Waals surface area contributed by atoms with Crippen molar-refractivity contribution in [1.82, 2.24) is 9.88 Å². The number of aromatic nitrogens is 1. The van der Waals surface area contributed by atoms with Crippen LogP contribution in [0.1, 0.15) is 18.4 Å². The maximum absolute atomic E-state index is 12.5. The second kappa shape index (κ2) is 7.11. The normalized spacial score (nSPS) is 16.5. The van der Waals surface area contributed by atoms with Crippen molar-refractivity contribution in [2.24, 2.45) is 5.92 Å². The van der Waals surface area contributed by atoms with E-state index in [1.165, 1.54) is 0 Å². The van der Waals surface area contributed by atoms with Crippen LogP contribution in [0.25, 0.3) is 0 Å². The molecular weight excluding hydrogens is 334 g/mol. The Morgan fingerprint density at radius 1 is 1.15 bits per heavy atom. The molecule has 0 unspecified atom stereocenters. The predicted molar refractivity (Wildman–Crippen MR) is 96.6 cm³/mol. The smallest absolute Gasteiger partial charge is 0.321 e. The lowest BCUT2D eigenvalue weighted by atomic mass is 9.91. The molecule has 1 aromatic carbocycles. The highest BCUT2D eigenvalue weighted by atomic mass is 16.7. The summed E-state index contributed by atoms with van der Waals surface area (Å²) in [7, 11) is 0. The summed E-state index contributed by atoms with van der Waals surface area (Å²) in [5.74, 6) is 1.88. The largest absolute Gasteiger partial charge is 0.454 e. The highest BCUT2D eigenvalue weighted by Crippen LogP contribution is 2.34. The van der Waals surface area contributed by atoms with Crippen molar-refractivity contribution in [3.63, 3.8) is 0 Å². The summed E-state index contributed by atoms with van der Waals surface area (Å²) in [4.78, 5) is 28.1. The molecule has 0 aliphatic carbocycles. The molecule has 2 amide bonds. The van der Waals surface area contributed by atoms with Crippen molar-refractivity contribution in [2.45, 2.75) is 19.3 Å². The molecular formula is C19H21N3O4. The Bertz CT molecular complexity index is 836. The number of pyridine rings is 1. The summed E-state index contributed by atoms with van der Waals surface area (Å²) < 4.78 is 10.6. The Labute approximate surface area is 150 Å². The Morgan fingerprint density at radius 3 is 2.73 bits per heavy atom. The number of nitrogens with zero attached hydrogens (tertiary/aromatic N) is 1. The van der Waals surface area contributed by atoms with Crippen LogP contribution in [0.5, 0.6) is 11.5 Å². The fraction of sp³-hybridized carbons (Fsp3) is 0.368. The SMILES string of the molecule is O=C(Nc1ccc2c(c1)OCO2)N1CCC(Cc2ccc(=O)[nH]c2)CC1. The van der Waals surface area contributed by atoms with Gasteiger partial charge in [0.05, 0.1) is 0 Å². The first-order valence-corrected chi connectivity index (χ1v) is 8.80. The van der Waals surface area contributed by atoms with Crippen LogP contribution >= 0.6 is 0 Å². The minimum Gasteiger partial charge on any atom is -0.454 e. The van der Waals surface area contributed by atoms with Gasteiger partial charge in [0, 0.05) is 37.1 Å². The zero-order chi connectivity index (χ0) is 17.9. The molecule has 2 aliphatic heterocycles. The molecule has 4 rings (SSSR count). The van der Waals surface area contributed by atoms with E-state index in [1.54, 1.807) is 24.4 Å². The van der Waals surface area contributed by atoms with Crippen molar-refractivity contribution in [2.75, 3.05) is 25.2 Å². The number of likely N-dealkylation sites (tertiary alicyclic amines) is 1. The van der Waals surface area contributed by atoms with Crippen LogP contribution in [-0.4, -0.2) is 35.8 Å². The van der Waals surface area contributed by atoms with E-state index in [4.69, 9.17) is 9.47 Å². The Kier molecular flexibility index (Phi) is 4.51. The number of hydrogen-bond acceptors (Lipinski definition) is 4. The van der Waals surface area contributed by atoms with Crippen molar-refractivity contribution in [3.05, 3.63) is 52.4 Å². The van der Waals surface area contributed by atoms with Gasteiger partial charge in [0.25, 0.3) is 0 Å². The summed E-state index contributed by atoms with van der Waals surface area (Å²) in [5.41, 5.74) is 1.76. The number of aromatic amines is 1. The summed E-state index contributed by atoms with van der Waals surface area (Å²) in [5, 5.41) is 2.92. The van der Waals surface area contributed by atoms with Gasteiger partial charge in [0.15, 0.2) is 11.5 Å². The fourth-order valence-electron chi connectivity index (χ4n) is 3.42. The lowest BCUT2D eigenvalue weighted by Gasteiger charge is -2.32. The Morgan fingerprint density at radius 2 is 1.96 bits per heavy atom. The van der Waals surface area contributed by atoms with Crippen molar-refractivity contribution >= 4 is 11.7 Å². The molecule has 2 aromatic rings. The zero-order valence-corrected chi connectivity index (χ0v) is 14.4. The highest BCUT2D eigenvalue weighted by molar-refractivity contribution is 5.89. The third-order valence-electron chi connectivity index (χ3n) is 4.90. The van der Waals surface area contributed by atoms with E-state index in [9.17, 15) is 9.59 Å². The maximum atomic E-state index is 12.5. The van der Waals surface area contributed by atoms with Crippen LogP contribution in [-0.2, 0) is 6.42 Å². The first-order valence-electron chi connectivity index (χ1n) is 8.80. The molecule has 26 heavy (non-hydrogen) atoms. The van der Waals surface area contributed by atoms with Crippen LogP contribution in [0.2, 0.25) is 0 Å². The number of nitrogens with one attached hydrogen (secondary N) is 2. The van der Waals surface area contributed by atoms with Crippen LogP contribution in [0.4, 0.5) is 10.5 Å². The molecule has 0 bridgehead atoms. The van der Waals surface area contributed by atoms with Gasteiger partial charge in [0.2, 0.25) is 12.4 Å². The molecule has 0 saturated carbocycles. The van der Waals surface area contributed by atoms with E-state index >= 15 is 0 Å². The minimum absolute atomic E-state index is 0.0799. The van der Waals surface area contributed by atoms with Gasteiger partial charge in [-0.15, -0.1) is 0 Å². The number of amides is 2. The zero-order valence-electron chi connectivity index (χ0n) is 14.4. The van der Waals surface area contributed by atoms with E-state index in [0.717, 1.165) is 37.9 Å². The van der Waals surface area contributed by atoms with Gasteiger partial charge in [-0.05, 0) is 42.9 Å². The van der Waals surface area contributed by atoms with Gasteiger partial charge in [-0.1, -0.05) is 6.07 Å². The van der Waals surface area contributed by atoms with Gasteiger partial charge in [0.1, 0.15) is 0 Å². The molecule has 1 fully saturated rings. The first kappa shape index (κ1) is 16.5. The van der Waals surface area contributed by atoms with E-state index in [2.05, 4.69) is 10.3 Å². The molecule has 0 radical (unpaired) electrons. The molecule has 0 atom stereocenters. The number of urea groups is 1. The molecule has 1 saturated heterocycles. The number of piperidine rings is 1. The third-order valence-corrected chi connectivity index (χ3v) is 4.90. The van der Waals surface area contributed by atoms with E-state index in [1.807, 2.05) is 17.0 Å². The van der Waals surface area contributed by atoms with Crippen molar-refractivity contribution in [1.29, 1.82) is 0 Å². The summed E-state index contributed by atoms with van der Waals surface area (Å²) in [6.07, 6.45) is 4.61. The van der Waals surface area contributed by atoms with Gasteiger partial charge in [-0.25, -0.2) is 4.79 Å². The van der Waals surface area contributed by atoms with E-state index < -0.39 is 0 Å². The number of hydrogen-bond donors (Lipinski definition) is 2. The average molecular weight is 355 g/mol. The molecule has 0 spiro atoms. The molecule has 136 valence electrons. The van der Waals surface area contributed by atoms with Crippen molar-refractivity contribution in [3.8, 4) is 11.5 Å². The number of rotatable bonds is 3. The second-order valence-electron chi connectivity index (χ2n) is 6.69. The van der Waals surface area contributed by atoms with Crippen molar-refractivity contribution < 1.29 is 14.3 Å². The number of fused-ring (bicyclic) bond motifs is 1. The van der Waals surface area contributed by atoms with Gasteiger partial charge in [-0.2, -0.15) is 0 Å².